The molecule has 0 aromatic carbocycles. The minimum Gasteiger partial charge on any atom is -0.449 e. The minimum absolute atomic E-state index is 0.143. The van der Waals surface area contributed by atoms with Gasteiger partial charge in [-0.1, -0.05) is 11.8 Å². The maximum Gasteiger partial charge on any atom is 0.512 e. The fraction of sp³-hybridized carbons (Fsp3) is 0.714. The quantitative estimate of drug-likeness (QED) is 0.528. The van der Waals surface area contributed by atoms with Gasteiger partial charge < -0.3 is 20.7 Å². The second-order valence-corrected chi connectivity index (χ2v) is 7.29. The normalized spacial score (nSPS) is 36.0. The molecule has 1 amide bonds. The van der Waals surface area contributed by atoms with E-state index < -0.39 is 18.2 Å². The number of nitrogens with two attached hydrogens (primary N) is 1. The molecule has 0 aromatic rings. The van der Waals surface area contributed by atoms with Crippen LogP contribution in [0.15, 0.2) is 10.8 Å². The van der Waals surface area contributed by atoms with E-state index in [1.54, 1.807) is 6.92 Å². The van der Waals surface area contributed by atoms with Gasteiger partial charge in [0.05, 0.1) is 16.9 Å². The predicted octanol–water partition coefficient (Wildman–Crippen LogP) is 1.28. The molecular formula is C14H20N2O5S. The highest BCUT2D eigenvalue weighted by molar-refractivity contribution is 8.04. The Morgan fingerprint density at radius 2 is 2.05 bits per heavy atom. The lowest BCUT2D eigenvalue weighted by Crippen LogP contribution is -2.60. The first-order valence-electron chi connectivity index (χ1n) is 7.48. The van der Waals surface area contributed by atoms with Crippen molar-refractivity contribution >= 4 is 23.8 Å². The predicted molar refractivity (Wildman–Crippen MR) is 79.5 cm³/mol. The maximum absolute atomic E-state index is 12.2. The van der Waals surface area contributed by atoms with Crippen molar-refractivity contribution in [1.29, 1.82) is 0 Å². The van der Waals surface area contributed by atoms with Gasteiger partial charge in [0, 0.05) is 6.04 Å². The van der Waals surface area contributed by atoms with Crippen LogP contribution in [-0.2, 0) is 9.53 Å². The van der Waals surface area contributed by atoms with Crippen LogP contribution in [0.4, 0.5) is 4.79 Å². The fourth-order valence-corrected chi connectivity index (χ4v) is 5.13. The molecule has 3 aliphatic rings. The molecule has 3 rings (SSSR count). The summed E-state index contributed by atoms with van der Waals surface area (Å²) in [6.45, 7) is 1.58. The van der Waals surface area contributed by atoms with Crippen LogP contribution < -0.4 is 5.73 Å². The second-order valence-electron chi connectivity index (χ2n) is 6.13. The number of rotatable bonds is 3. The Balaban J connectivity index is 1.84. The van der Waals surface area contributed by atoms with E-state index in [0.717, 1.165) is 30.6 Å². The third kappa shape index (κ3) is 2.49. The van der Waals surface area contributed by atoms with E-state index in [1.165, 1.54) is 16.7 Å². The average Bonchev–Trinajstić information content (AvgIpc) is 2.72. The van der Waals surface area contributed by atoms with Gasteiger partial charge in [0.2, 0.25) is 11.8 Å². The molecule has 2 heterocycles. The van der Waals surface area contributed by atoms with E-state index in [2.05, 4.69) is 0 Å². The second kappa shape index (κ2) is 5.75. The molecule has 1 saturated heterocycles. The lowest BCUT2D eigenvalue weighted by molar-refractivity contribution is -0.155. The SMILES string of the molecule is CC(O)C1C(=O)N2C(OC(=O)O)=C(C3CCC(N)CC3)S[C@@H]12. The molecule has 8 heteroatoms. The number of thioether (sulfide) groups is 1. The Kier molecular flexibility index (Phi) is 4.09. The number of amides is 1. The van der Waals surface area contributed by atoms with Gasteiger partial charge in [0.25, 0.3) is 0 Å². The fourth-order valence-electron chi connectivity index (χ4n) is 3.41. The third-order valence-electron chi connectivity index (χ3n) is 4.61. The van der Waals surface area contributed by atoms with Gasteiger partial charge in [0.1, 0.15) is 5.37 Å². The topological polar surface area (TPSA) is 113 Å². The molecule has 3 atom stereocenters. The molecule has 2 unspecified atom stereocenters. The van der Waals surface area contributed by atoms with Gasteiger partial charge >= 0.3 is 6.16 Å². The zero-order chi connectivity index (χ0) is 16.0. The third-order valence-corrected chi connectivity index (χ3v) is 6.12. The van der Waals surface area contributed by atoms with Crippen LogP contribution in [0.3, 0.4) is 0 Å². The number of hydrogen-bond donors (Lipinski definition) is 3. The standard InChI is InChI=1S/C14H20N2O5S/c1-6(17)9-11(18)16-12(21-14(19)20)10(22-13(9)16)7-2-4-8(15)5-3-7/h6-9,13,17H,2-5,15H2,1H3,(H,19,20)/t6?,7?,8?,9?,13-/m0/s1. The van der Waals surface area contributed by atoms with Crippen molar-refractivity contribution < 1.29 is 24.5 Å². The zero-order valence-electron chi connectivity index (χ0n) is 12.3. The highest BCUT2D eigenvalue weighted by Crippen LogP contribution is 2.54. The molecule has 122 valence electrons. The van der Waals surface area contributed by atoms with Crippen molar-refractivity contribution in [2.75, 3.05) is 0 Å². The van der Waals surface area contributed by atoms with Crippen molar-refractivity contribution in [2.24, 2.45) is 17.6 Å². The number of hydrogen-bond acceptors (Lipinski definition) is 6. The van der Waals surface area contributed by atoms with Gasteiger partial charge in [-0.3, -0.25) is 9.69 Å². The van der Waals surface area contributed by atoms with E-state index in [4.69, 9.17) is 15.6 Å². The average molecular weight is 328 g/mol. The lowest BCUT2D eigenvalue weighted by Gasteiger charge is -2.43. The van der Waals surface area contributed by atoms with Crippen LogP contribution in [-0.4, -0.2) is 44.7 Å². The molecule has 22 heavy (non-hydrogen) atoms. The first-order chi connectivity index (χ1) is 10.4. The van der Waals surface area contributed by atoms with Crippen molar-refractivity contribution in [3.63, 3.8) is 0 Å². The van der Waals surface area contributed by atoms with Gasteiger partial charge in [-0.05, 0) is 38.5 Å². The monoisotopic (exact) mass is 328 g/mol. The summed E-state index contributed by atoms with van der Waals surface area (Å²) in [5.74, 6) is -0.455. The Morgan fingerprint density at radius 3 is 2.59 bits per heavy atom. The number of fused-ring (bicyclic) bond motifs is 1. The van der Waals surface area contributed by atoms with Crippen LogP contribution >= 0.6 is 11.8 Å². The maximum atomic E-state index is 12.2. The van der Waals surface area contributed by atoms with Crippen LogP contribution in [0.2, 0.25) is 0 Å². The first-order valence-corrected chi connectivity index (χ1v) is 8.36. The molecule has 0 bridgehead atoms. The molecule has 2 fully saturated rings. The van der Waals surface area contributed by atoms with Gasteiger partial charge in [-0.15, -0.1) is 0 Å². The van der Waals surface area contributed by atoms with E-state index in [0.29, 0.717) is 0 Å². The number of carbonyl (C=O) groups excluding carboxylic acids is 1. The smallest absolute Gasteiger partial charge is 0.449 e. The Bertz CT molecular complexity index is 527. The number of nitrogens with zero attached hydrogens (tertiary/aromatic N) is 1. The summed E-state index contributed by atoms with van der Waals surface area (Å²) in [5, 5.41) is 18.4. The summed E-state index contributed by atoms with van der Waals surface area (Å²) in [7, 11) is 0. The number of ether oxygens (including phenoxy) is 1. The Labute approximate surface area is 132 Å². The van der Waals surface area contributed by atoms with Crippen LogP contribution in [0.5, 0.6) is 0 Å². The van der Waals surface area contributed by atoms with Crippen LogP contribution in [0, 0.1) is 11.8 Å². The lowest BCUT2D eigenvalue weighted by atomic mass is 9.86. The van der Waals surface area contributed by atoms with Crippen LogP contribution in [0.1, 0.15) is 32.6 Å². The number of aliphatic hydroxyl groups is 1. The molecule has 0 radical (unpaired) electrons. The molecule has 0 aromatic heterocycles. The number of carbonyl (C=O) groups is 2. The molecule has 4 N–H and O–H groups in total. The molecule has 7 nitrogen and oxygen atoms in total. The zero-order valence-corrected chi connectivity index (χ0v) is 13.1. The Hall–Kier alpha value is -1.25. The number of allylic oxidation sites excluding steroid dienone is 1. The van der Waals surface area contributed by atoms with E-state index in [1.807, 2.05) is 0 Å². The van der Waals surface area contributed by atoms with E-state index in [-0.39, 0.29) is 29.1 Å². The van der Waals surface area contributed by atoms with E-state index >= 15 is 0 Å². The highest BCUT2D eigenvalue weighted by atomic mass is 32.2. The molecule has 2 aliphatic heterocycles. The molecular weight excluding hydrogens is 308 g/mol. The number of aliphatic hydroxyl groups excluding tert-OH is 1. The first kappa shape index (κ1) is 15.6. The summed E-state index contributed by atoms with van der Waals surface area (Å²) >= 11 is 1.45. The summed E-state index contributed by atoms with van der Waals surface area (Å²) in [5.41, 5.74) is 5.92. The summed E-state index contributed by atoms with van der Waals surface area (Å²) in [4.78, 5) is 25.3. The van der Waals surface area contributed by atoms with E-state index in [9.17, 15) is 14.7 Å². The van der Waals surface area contributed by atoms with Crippen molar-refractivity contribution in [1.82, 2.24) is 4.90 Å². The van der Waals surface area contributed by atoms with Gasteiger partial charge in [-0.2, -0.15) is 0 Å². The number of carboxylic acid groups (broad SMARTS) is 1. The Morgan fingerprint density at radius 1 is 1.41 bits per heavy atom. The summed E-state index contributed by atoms with van der Waals surface area (Å²) < 4.78 is 4.90. The largest absolute Gasteiger partial charge is 0.512 e. The summed E-state index contributed by atoms with van der Waals surface area (Å²) in [6, 6.07) is 0.191. The highest BCUT2D eigenvalue weighted by Gasteiger charge is 2.58. The van der Waals surface area contributed by atoms with Gasteiger partial charge in [0.15, 0.2) is 0 Å². The van der Waals surface area contributed by atoms with Crippen molar-refractivity contribution in [3.8, 4) is 0 Å². The molecule has 1 saturated carbocycles. The number of β-lactam (4-membered cyclic amide) rings is 1. The molecule has 1 aliphatic carbocycles. The minimum atomic E-state index is -1.42. The van der Waals surface area contributed by atoms with Crippen LogP contribution in [0.25, 0.3) is 0 Å². The molecule has 0 spiro atoms. The van der Waals surface area contributed by atoms with Gasteiger partial charge in [-0.25, -0.2) is 4.79 Å². The van der Waals surface area contributed by atoms with Crippen molar-refractivity contribution in [2.45, 2.75) is 50.1 Å². The van der Waals surface area contributed by atoms with Crippen molar-refractivity contribution in [3.05, 3.63) is 10.8 Å². The summed E-state index contributed by atoms with van der Waals surface area (Å²) in [6.07, 6.45) is 1.32.